The van der Waals surface area contributed by atoms with Crippen LogP contribution in [0.15, 0.2) is 42.5 Å². The highest BCUT2D eigenvalue weighted by Crippen LogP contribution is 2.40. The molecule has 0 heterocycles. The van der Waals surface area contributed by atoms with Crippen molar-refractivity contribution in [3.63, 3.8) is 0 Å². The first kappa shape index (κ1) is 21.7. The molecule has 0 fully saturated rings. The second-order valence-corrected chi connectivity index (χ2v) is 9.22. The van der Waals surface area contributed by atoms with Gasteiger partial charge in [0.25, 0.3) is 0 Å². The van der Waals surface area contributed by atoms with Gasteiger partial charge in [0.05, 0.1) is 6.10 Å². The highest BCUT2D eigenvalue weighted by Gasteiger charge is 2.31. The second kappa shape index (κ2) is 8.61. The van der Waals surface area contributed by atoms with Gasteiger partial charge in [-0.25, -0.2) is 0 Å². The maximum absolute atomic E-state index is 10.4. The molecule has 0 spiro atoms. The third kappa shape index (κ3) is 4.82. The molecule has 0 bridgehead atoms. The van der Waals surface area contributed by atoms with Crippen LogP contribution in [0.25, 0.3) is 0 Å². The number of aliphatic hydroxyl groups excluding tert-OH is 1. The van der Waals surface area contributed by atoms with Crippen molar-refractivity contribution in [3.05, 3.63) is 70.3 Å². The fourth-order valence-electron chi connectivity index (χ4n) is 4.18. The lowest BCUT2D eigenvalue weighted by Gasteiger charge is -2.34. The zero-order valence-corrected chi connectivity index (χ0v) is 18.4. The van der Waals surface area contributed by atoms with Gasteiger partial charge in [-0.05, 0) is 67.2 Å². The molecule has 0 saturated carbocycles. The first-order valence-electron chi connectivity index (χ1n) is 10.5. The quantitative estimate of drug-likeness (QED) is 0.574. The van der Waals surface area contributed by atoms with Gasteiger partial charge in [0, 0.05) is 5.41 Å². The normalized spacial score (nSPS) is 13.6. The summed E-state index contributed by atoms with van der Waals surface area (Å²) in [6.07, 6.45) is 3.66. The third-order valence-electron chi connectivity index (χ3n) is 6.36. The predicted molar refractivity (Wildman–Crippen MR) is 118 cm³/mol. The molecule has 0 aliphatic carbocycles. The molecule has 0 aromatic heterocycles. The maximum atomic E-state index is 10.4. The fourth-order valence-corrected chi connectivity index (χ4v) is 4.18. The first-order chi connectivity index (χ1) is 12.6. The van der Waals surface area contributed by atoms with E-state index in [0.29, 0.717) is 0 Å². The maximum Gasteiger partial charge on any atom is 0.0591 e. The summed E-state index contributed by atoms with van der Waals surface area (Å²) in [6.45, 7) is 15.3. The van der Waals surface area contributed by atoms with Crippen molar-refractivity contribution in [1.82, 2.24) is 0 Å². The lowest BCUT2D eigenvalue weighted by molar-refractivity contribution is 0.0560. The molecule has 0 radical (unpaired) electrons. The minimum Gasteiger partial charge on any atom is -0.393 e. The van der Waals surface area contributed by atoms with Crippen LogP contribution in [-0.4, -0.2) is 11.2 Å². The van der Waals surface area contributed by atoms with Crippen LogP contribution >= 0.6 is 0 Å². The van der Waals surface area contributed by atoms with Crippen LogP contribution in [0.1, 0.15) is 81.7 Å². The smallest absolute Gasteiger partial charge is 0.0591 e. The van der Waals surface area contributed by atoms with Crippen molar-refractivity contribution in [2.45, 2.75) is 85.7 Å². The van der Waals surface area contributed by atoms with E-state index in [1.54, 1.807) is 0 Å². The summed E-state index contributed by atoms with van der Waals surface area (Å²) in [6, 6.07) is 16.0. The number of aliphatic hydroxyl groups is 1. The van der Waals surface area contributed by atoms with E-state index in [-0.39, 0.29) is 16.9 Å². The Morgan fingerprint density at radius 2 is 1.52 bits per heavy atom. The van der Waals surface area contributed by atoms with E-state index in [4.69, 9.17) is 0 Å². The summed E-state index contributed by atoms with van der Waals surface area (Å²) in [4.78, 5) is 0. The van der Waals surface area contributed by atoms with E-state index < -0.39 is 0 Å². The lowest BCUT2D eigenvalue weighted by atomic mass is 9.70. The zero-order chi connectivity index (χ0) is 20.2. The van der Waals surface area contributed by atoms with Gasteiger partial charge >= 0.3 is 0 Å². The Labute approximate surface area is 166 Å². The standard InChI is InChI=1S/C26H38O/c1-8-26(9-2,22-12-10-11-19(3)17-22)23-15-13-21(20(4)18-23)14-16-24(27)25(5,6)7/h10-13,15,17-18,24,27H,8-9,14,16H2,1-7H3. The average molecular weight is 367 g/mol. The van der Waals surface area contributed by atoms with Gasteiger partial charge in [-0.2, -0.15) is 0 Å². The molecule has 2 aromatic carbocycles. The van der Waals surface area contributed by atoms with Gasteiger partial charge < -0.3 is 5.11 Å². The fraction of sp³-hybridized carbons (Fsp3) is 0.538. The third-order valence-corrected chi connectivity index (χ3v) is 6.36. The van der Waals surface area contributed by atoms with Crippen LogP contribution in [0.2, 0.25) is 0 Å². The minimum absolute atomic E-state index is 0.0570. The molecule has 1 unspecified atom stereocenters. The van der Waals surface area contributed by atoms with Gasteiger partial charge in [0.15, 0.2) is 0 Å². The van der Waals surface area contributed by atoms with Gasteiger partial charge in [0.1, 0.15) is 0 Å². The molecule has 0 amide bonds. The van der Waals surface area contributed by atoms with Crippen LogP contribution in [-0.2, 0) is 11.8 Å². The van der Waals surface area contributed by atoms with Crippen molar-refractivity contribution in [1.29, 1.82) is 0 Å². The largest absolute Gasteiger partial charge is 0.393 e. The molecule has 1 atom stereocenters. The van der Waals surface area contributed by atoms with Crippen molar-refractivity contribution in [2.75, 3.05) is 0 Å². The molecule has 1 heteroatoms. The summed E-state index contributed by atoms with van der Waals surface area (Å²) in [5, 5.41) is 10.4. The van der Waals surface area contributed by atoms with E-state index in [2.05, 4.69) is 90.9 Å². The summed E-state index contributed by atoms with van der Waals surface area (Å²) in [5.74, 6) is 0. The summed E-state index contributed by atoms with van der Waals surface area (Å²) in [7, 11) is 0. The molecule has 1 nitrogen and oxygen atoms in total. The molecule has 0 aliphatic heterocycles. The summed E-state index contributed by atoms with van der Waals surface area (Å²) >= 11 is 0. The van der Waals surface area contributed by atoms with E-state index in [1.807, 2.05) is 0 Å². The number of hydrogen-bond donors (Lipinski definition) is 1. The van der Waals surface area contributed by atoms with Crippen LogP contribution in [0, 0.1) is 19.3 Å². The van der Waals surface area contributed by atoms with E-state index in [0.717, 1.165) is 25.7 Å². The van der Waals surface area contributed by atoms with Gasteiger partial charge in [0.2, 0.25) is 0 Å². The summed E-state index contributed by atoms with van der Waals surface area (Å²) in [5.41, 5.74) is 6.86. The van der Waals surface area contributed by atoms with E-state index in [9.17, 15) is 5.11 Å². The Morgan fingerprint density at radius 3 is 2.04 bits per heavy atom. The minimum atomic E-state index is -0.269. The van der Waals surface area contributed by atoms with Gasteiger partial charge in [-0.15, -0.1) is 0 Å². The average Bonchev–Trinajstić information content (AvgIpc) is 2.61. The molecular weight excluding hydrogens is 328 g/mol. The summed E-state index contributed by atoms with van der Waals surface area (Å²) < 4.78 is 0. The van der Waals surface area contributed by atoms with Crippen LogP contribution in [0.5, 0.6) is 0 Å². The van der Waals surface area contributed by atoms with E-state index in [1.165, 1.54) is 27.8 Å². The SMILES string of the molecule is CCC(CC)(c1cccc(C)c1)c1ccc(CCC(O)C(C)(C)C)c(C)c1. The van der Waals surface area contributed by atoms with Gasteiger partial charge in [-0.3, -0.25) is 0 Å². The Hall–Kier alpha value is -1.60. The van der Waals surface area contributed by atoms with Crippen LogP contribution in [0.4, 0.5) is 0 Å². The van der Waals surface area contributed by atoms with Gasteiger partial charge in [-0.1, -0.05) is 82.6 Å². The zero-order valence-electron chi connectivity index (χ0n) is 18.4. The van der Waals surface area contributed by atoms with Crippen molar-refractivity contribution in [2.24, 2.45) is 5.41 Å². The molecule has 0 aliphatic rings. The van der Waals surface area contributed by atoms with E-state index >= 15 is 0 Å². The Morgan fingerprint density at radius 1 is 0.889 bits per heavy atom. The predicted octanol–water partition coefficient (Wildman–Crippen LogP) is 6.75. The molecule has 27 heavy (non-hydrogen) atoms. The molecule has 2 rings (SSSR count). The number of hydrogen-bond acceptors (Lipinski definition) is 1. The molecule has 148 valence electrons. The number of benzene rings is 2. The van der Waals surface area contributed by atoms with Crippen LogP contribution in [0.3, 0.4) is 0 Å². The lowest BCUT2D eigenvalue weighted by Crippen LogP contribution is -2.27. The van der Waals surface area contributed by atoms with Crippen LogP contribution < -0.4 is 0 Å². The van der Waals surface area contributed by atoms with Crippen molar-refractivity contribution < 1.29 is 5.11 Å². The molecular formula is C26H38O. The first-order valence-corrected chi connectivity index (χ1v) is 10.5. The number of aryl methyl sites for hydroxylation is 3. The van der Waals surface area contributed by atoms with Crippen molar-refractivity contribution in [3.8, 4) is 0 Å². The Kier molecular flexibility index (Phi) is 6.92. The highest BCUT2D eigenvalue weighted by atomic mass is 16.3. The Bertz CT molecular complexity index is 747. The van der Waals surface area contributed by atoms with Crippen molar-refractivity contribution >= 4 is 0 Å². The second-order valence-electron chi connectivity index (χ2n) is 9.22. The monoisotopic (exact) mass is 366 g/mol. The highest BCUT2D eigenvalue weighted by molar-refractivity contribution is 5.44. The molecule has 0 saturated heterocycles. The molecule has 1 N–H and O–H groups in total. The Balaban J connectivity index is 2.33. The molecule has 2 aromatic rings. The number of rotatable bonds is 7. The topological polar surface area (TPSA) is 20.2 Å².